The van der Waals surface area contributed by atoms with Gasteiger partial charge in [0.15, 0.2) is 0 Å². The minimum Gasteiger partial charge on any atom is -0.299 e. The van der Waals surface area contributed by atoms with E-state index in [0.29, 0.717) is 23.5 Å². The summed E-state index contributed by atoms with van der Waals surface area (Å²) in [6.45, 7) is 4.78. The van der Waals surface area contributed by atoms with Gasteiger partial charge in [0.2, 0.25) is 0 Å². The summed E-state index contributed by atoms with van der Waals surface area (Å²) in [6, 6.07) is 8.54. The van der Waals surface area contributed by atoms with Gasteiger partial charge in [-0.1, -0.05) is 48.0 Å². The third kappa shape index (κ3) is 2.59. The van der Waals surface area contributed by atoms with Crippen LogP contribution in [0.3, 0.4) is 0 Å². The first-order chi connectivity index (χ1) is 14.4. The van der Waals surface area contributed by atoms with Gasteiger partial charge >= 0.3 is 0 Å². The molecule has 4 heteroatoms. The van der Waals surface area contributed by atoms with Gasteiger partial charge in [0.05, 0.1) is 5.69 Å². The number of aromatic nitrogens is 1. The number of benzene rings is 1. The highest BCUT2D eigenvalue weighted by Crippen LogP contribution is 2.65. The third-order valence-electron chi connectivity index (χ3n) is 9.09. The van der Waals surface area contributed by atoms with E-state index in [0.717, 1.165) is 41.6 Å². The van der Waals surface area contributed by atoms with Crippen LogP contribution in [0.15, 0.2) is 34.8 Å². The number of thiazole rings is 1. The number of rotatable bonds is 1. The van der Waals surface area contributed by atoms with E-state index in [-0.39, 0.29) is 10.8 Å². The summed E-state index contributed by atoms with van der Waals surface area (Å²) in [7, 11) is 0. The van der Waals surface area contributed by atoms with Gasteiger partial charge in [-0.3, -0.25) is 4.79 Å². The second-order valence-corrected chi connectivity index (χ2v) is 12.4. The van der Waals surface area contributed by atoms with E-state index >= 15 is 0 Å². The second kappa shape index (κ2) is 6.62. The Morgan fingerprint density at radius 1 is 1.03 bits per heavy atom. The lowest BCUT2D eigenvalue weighted by Crippen LogP contribution is -2.49. The molecular formula is C26H28BrNOS. The van der Waals surface area contributed by atoms with Gasteiger partial charge in [0.1, 0.15) is 10.8 Å². The maximum absolute atomic E-state index is 12.7. The van der Waals surface area contributed by atoms with Gasteiger partial charge < -0.3 is 0 Å². The standard InChI is InChI=1S/C26H28BrNOS/c1-25-14-12-21-23(28-24(30-21)15-3-5-16(27)6-4-15)20(25)8-7-17-18-9-10-22(29)26(18,2)13-11-19(17)25/h3-6,8,17-19H,7,9-14H2,1-2H3/t17-,18-,19-,25+,26-/m0/s1. The first-order valence-electron chi connectivity index (χ1n) is 11.4. The average molecular weight is 482 g/mol. The summed E-state index contributed by atoms with van der Waals surface area (Å²) in [5.74, 6) is 2.51. The van der Waals surface area contributed by atoms with Gasteiger partial charge in [-0.05, 0) is 79.4 Å². The molecule has 2 aromatic rings. The molecule has 0 saturated heterocycles. The van der Waals surface area contributed by atoms with Gasteiger partial charge in [0.25, 0.3) is 0 Å². The molecule has 5 atom stereocenters. The summed E-state index contributed by atoms with van der Waals surface area (Å²) >= 11 is 5.42. The lowest BCUT2D eigenvalue weighted by atomic mass is 9.48. The van der Waals surface area contributed by atoms with E-state index in [1.807, 2.05) is 11.3 Å². The fourth-order valence-electron chi connectivity index (χ4n) is 7.37. The number of allylic oxidation sites excluding steroid dienone is 2. The van der Waals surface area contributed by atoms with Gasteiger partial charge in [0, 0.05) is 26.7 Å². The zero-order valence-electron chi connectivity index (χ0n) is 17.7. The van der Waals surface area contributed by atoms with Crippen LogP contribution in [0.2, 0.25) is 0 Å². The van der Waals surface area contributed by atoms with Gasteiger partial charge in [-0.15, -0.1) is 11.3 Å². The van der Waals surface area contributed by atoms with Crippen LogP contribution in [0.4, 0.5) is 0 Å². The molecule has 1 aromatic heterocycles. The molecule has 0 radical (unpaired) electrons. The summed E-state index contributed by atoms with van der Waals surface area (Å²) < 4.78 is 1.11. The number of nitrogens with zero attached hydrogens (tertiary/aromatic N) is 1. The molecule has 2 saturated carbocycles. The number of aryl methyl sites for hydroxylation is 1. The fourth-order valence-corrected chi connectivity index (χ4v) is 8.72. The first kappa shape index (κ1) is 19.4. The first-order valence-corrected chi connectivity index (χ1v) is 13.0. The van der Waals surface area contributed by atoms with Crippen LogP contribution in [-0.4, -0.2) is 10.8 Å². The number of hydrogen-bond acceptors (Lipinski definition) is 3. The summed E-state index contributed by atoms with van der Waals surface area (Å²) in [4.78, 5) is 19.3. The number of hydrogen-bond donors (Lipinski definition) is 0. The molecule has 6 rings (SSSR count). The van der Waals surface area contributed by atoms with Crippen molar-refractivity contribution in [1.82, 2.24) is 4.98 Å². The Morgan fingerprint density at radius 3 is 2.60 bits per heavy atom. The molecule has 0 bridgehead atoms. The van der Waals surface area contributed by atoms with Crippen molar-refractivity contribution < 1.29 is 4.79 Å². The van der Waals surface area contributed by atoms with Crippen molar-refractivity contribution in [3.05, 3.63) is 45.4 Å². The van der Waals surface area contributed by atoms with Crippen molar-refractivity contribution >= 4 is 38.6 Å². The monoisotopic (exact) mass is 481 g/mol. The Balaban J connectivity index is 1.39. The Bertz CT molecular complexity index is 1070. The zero-order chi connectivity index (χ0) is 20.7. The van der Waals surface area contributed by atoms with E-state index < -0.39 is 0 Å². The molecule has 0 N–H and O–H groups in total. The molecular weight excluding hydrogens is 454 g/mol. The lowest BCUT2D eigenvalue weighted by Gasteiger charge is -2.55. The number of Topliss-reactive ketones (excluding diaryl/α,β-unsaturated/α-hetero) is 1. The minimum atomic E-state index is -0.0436. The van der Waals surface area contributed by atoms with Crippen molar-refractivity contribution in [2.24, 2.45) is 28.6 Å². The van der Waals surface area contributed by atoms with E-state index in [2.05, 4.69) is 60.1 Å². The Morgan fingerprint density at radius 2 is 1.80 bits per heavy atom. The summed E-state index contributed by atoms with van der Waals surface area (Å²) in [5, 5.41) is 1.15. The van der Waals surface area contributed by atoms with Crippen LogP contribution < -0.4 is 0 Å². The van der Waals surface area contributed by atoms with E-state index in [4.69, 9.17) is 4.98 Å². The molecule has 1 heterocycles. The molecule has 0 unspecified atom stereocenters. The number of fused-ring (bicyclic) bond motifs is 7. The van der Waals surface area contributed by atoms with Crippen LogP contribution in [0.25, 0.3) is 16.1 Å². The zero-order valence-corrected chi connectivity index (χ0v) is 20.1. The van der Waals surface area contributed by atoms with Gasteiger partial charge in [-0.2, -0.15) is 0 Å². The molecule has 2 fully saturated rings. The predicted molar refractivity (Wildman–Crippen MR) is 126 cm³/mol. The largest absolute Gasteiger partial charge is 0.299 e. The Hall–Kier alpha value is -1.26. The lowest BCUT2D eigenvalue weighted by molar-refractivity contribution is -0.131. The van der Waals surface area contributed by atoms with Crippen molar-refractivity contribution in [2.45, 2.75) is 58.8 Å². The molecule has 0 amide bonds. The second-order valence-electron chi connectivity index (χ2n) is 10.4. The number of carbonyl (C=O) groups is 1. The van der Waals surface area contributed by atoms with Crippen LogP contribution in [0.1, 0.15) is 62.9 Å². The smallest absolute Gasteiger partial charge is 0.139 e. The highest BCUT2D eigenvalue weighted by Gasteiger charge is 2.58. The van der Waals surface area contributed by atoms with E-state index in [1.54, 1.807) is 0 Å². The fraction of sp³-hybridized carbons (Fsp3) is 0.538. The Kier molecular flexibility index (Phi) is 4.29. The molecule has 0 aliphatic heterocycles. The van der Waals surface area contributed by atoms with E-state index in [1.165, 1.54) is 34.5 Å². The van der Waals surface area contributed by atoms with Crippen molar-refractivity contribution in [3.63, 3.8) is 0 Å². The third-order valence-corrected chi connectivity index (χ3v) is 10.8. The SMILES string of the molecule is C[C@]12CCc3sc(-c4ccc(Br)cc4)nc3C1=CC[C@@H]1[C@@H]2CC[C@]2(C)C(=O)CC[C@@H]12. The molecule has 2 nitrogen and oxygen atoms in total. The number of ketones is 1. The minimum absolute atomic E-state index is 0.0436. The normalized spacial score (nSPS) is 37.1. The summed E-state index contributed by atoms with van der Waals surface area (Å²) in [6.07, 6.45) is 10.3. The quantitative estimate of drug-likeness (QED) is 0.426. The molecule has 0 spiro atoms. The summed E-state index contributed by atoms with van der Waals surface area (Å²) in [5.41, 5.74) is 4.18. The predicted octanol–water partition coefficient (Wildman–Crippen LogP) is 7.32. The van der Waals surface area contributed by atoms with Crippen molar-refractivity contribution in [2.75, 3.05) is 0 Å². The molecule has 4 aliphatic carbocycles. The van der Waals surface area contributed by atoms with Crippen LogP contribution >= 0.6 is 27.3 Å². The van der Waals surface area contributed by atoms with Crippen molar-refractivity contribution in [3.8, 4) is 10.6 Å². The van der Waals surface area contributed by atoms with Crippen LogP contribution in [0.5, 0.6) is 0 Å². The highest BCUT2D eigenvalue weighted by molar-refractivity contribution is 9.10. The van der Waals surface area contributed by atoms with Crippen LogP contribution in [0, 0.1) is 28.6 Å². The Labute approximate surface area is 191 Å². The molecule has 1 aromatic carbocycles. The average Bonchev–Trinajstić information content (AvgIpc) is 3.29. The number of carbonyl (C=O) groups excluding carboxylic acids is 1. The van der Waals surface area contributed by atoms with Crippen molar-refractivity contribution in [1.29, 1.82) is 0 Å². The number of halogens is 1. The van der Waals surface area contributed by atoms with Crippen LogP contribution in [-0.2, 0) is 11.2 Å². The maximum atomic E-state index is 12.7. The topological polar surface area (TPSA) is 30.0 Å². The van der Waals surface area contributed by atoms with E-state index in [9.17, 15) is 4.79 Å². The highest BCUT2D eigenvalue weighted by atomic mass is 79.9. The maximum Gasteiger partial charge on any atom is 0.139 e. The molecule has 30 heavy (non-hydrogen) atoms. The molecule has 156 valence electrons. The van der Waals surface area contributed by atoms with Gasteiger partial charge in [-0.25, -0.2) is 4.98 Å². The molecule has 4 aliphatic rings.